The second kappa shape index (κ2) is 19.9. The van der Waals surface area contributed by atoms with Crippen LogP contribution in [0.4, 0.5) is 23.0 Å². The molecule has 17 nitrogen and oxygen atoms in total. The molecule has 0 radical (unpaired) electrons. The van der Waals surface area contributed by atoms with Crippen LogP contribution in [0.3, 0.4) is 0 Å². The van der Waals surface area contributed by atoms with Crippen molar-refractivity contribution in [1.29, 1.82) is 0 Å². The number of anilines is 4. The van der Waals surface area contributed by atoms with Gasteiger partial charge in [-0.3, -0.25) is 24.3 Å². The van der Waals surface area contributed by atoms with Gasteiger partial charge in [0.2, 0.25) is 0 Å². The Labute approximate surface area is 379 Å². The molecule has 8 aromatic rings. The number of fused-ring (bicyclic) bond motifs is 2. The van der Waals surface area contributed by atoms with Gasteiger partial charge in [0.15, 0.2) is 0 Å². The average Bonchev–Trinajstić information content (AvgIpc) is 4.05. The number of hydrogen-bond donors (Lipinski definition) is 5. The van der Waals surface area contributed by atoms with E-state index in [2.05, 4.69) is 35.9 Å². The topological polar surface area (TPSA) is 232 Å². The minimum Gasteiger partial charge on any atom is -0.383 e. The van der Waals surface area contributed by atoms with E-state index in [1.807, 2.05) is 109 Å². The molecule has 1 aliphatic rings. The molecule has 4 aromatic carbocycles. The SMILES string of the molecule is CN(Cc1ccccc1-c1ccccc1)C(=O)C(=O)Nc1cnc(N)c2c[nH]nc12.CN(Cc1ccccc1-c1ccccc1)C(=O)C(=O)Nc1cnc(N)c2cn(C3CCCCO3)nc12. The molecule has 0 bridgehead atoms. The van der Waals surface area contributed by atoms with E-state index in [1.165, 1.54) is 22.2 Å². The molecule has 334 valence electrons. The lowest BCUT2D eigenvalue weighted by Crippen LogP contribution is -2.36. The molecule has 66 heavy (non-hydrogen) atoms. The minimum absolute atomic E-state index is 0.188. The molecular weight excluding hydrogens is 837 g/mol. The molecule has 5 heterocycles. The van der Waals surface area contributed by atoms with E-state index in [4.69, 9.17) is 16.2 Å². The van der Waals surface area contributed by atoms with E-state index >= 15 is 0 Å². The van der Waals surface area contributed by atoms with Crippen LogP contribution in [0.1, 0.15) is 36.6 Å². The lowest BCUT2D eigenvalue weighted by Gasteiger charge is -2.22. The maximum Gasteiger partial charge on any atom is 0.314 e. The van der Waals surface area contributed by atoms with Crippen molar-refractivity contribution in [1.82, 2.24) is 39.7 Å². The van der Waals surface area contributed by atoms with Crippen LogP contribution in [0, 0.1) is 0 Å². The lowest BCUT2D eigenvalue weighted by molar-refractivity contribution is -0.142. The number of rotatable bonds is 9. The number of benzene rings is 4. The Morgan fingerprint density at radius 2 is 1.18 bits per heavy atom. The van der Waals surface area contributed by atoms with Gasteiger partial charge in [0.1, 0.15) is 28.9 Å². The molecular formula is C49H48N12O5. The Morgan fingerprint density at radius 1 is 0.682 bits per heavy atom. The number of carbonyl (C=O) groups excluding carboxylic acids is 4. The number of ether oxygens (including phenoxy) is 1. The Kier molecular flexibility index (Phi) is 13.4. The second-order valence-corrected chi connectivity index (χ2v) is 15.7. The number of nitrogens with zero attached hydrogens (tertiary/aromatic N) is 7. The zero-order valence-corrected chi connectivity index (χ0v) is 36.3. The van der Waals surface area contributed by atoms with E-state index in [0.29, 0.717) is 45.6 Å². The molecule has 1 saturated heterocycles. The van der Waals surface area contributed by atoms with Crippen molar-refractivity contribution < 1.29 is 23.9 Å². The molecule has 4 aromatic heterocycles. The summed E-state index contributed by atoms with van der Waals surface area (Å²) < 4.78 is 7.53. The van der Waals surface area contributed by atoms with Crippen LogP contribution < -0.4 is 22.1 Å². The standard InChI is InChI=1S/C27H28N6O3.C22H20N6O2/c1-32(16-19-11-5-6-12-20(19)18-9-3-2-4-10-18)27(35)26(34)30-22-15-29-25(28)21-17-33(31-24(21)22)23-13-7-8-14-36-23;1-28(13-15-9-5-6-10-16(15)14-7-3-2-4-8-14)22(30)21(29)26-18-12-24-20(23)17-11-25-27-19(17)18/h2-6,9-12,15,17,23H,7-8,13-14,16H2,1H3,(H2,28,29)(H,30,34);2-12H,13H2,1H3,(H2,23,24)(H,25,27)(H,26,29). The maximum absolute atomic E-state index is 13.0. The van der Waals surface area contributed by atoms with Gasteiger partial charge in [0, 0.05) is 46.2 Å². The summed E-state index contributed by atoms with van der Waals surface area (Å²) in [5.74, 6) is -2.29. The smallest absolute Gasteiger partial charge is 0.314 e. The average molecular weight is 885 g/mol. The van der Waals surface area contributed by atoms with E-state index in [0.717, 1.165) is 52.6 Å². The molecule has 0 aliphatic carbocycles. The number of H-pyrrole nitrogens is 1. The van der Waals surface area contributed by atoms with Crippen LogP contribution in [0.5, 0.6) is 0 Å². The summed E-state index contributed by atoms with van der Waals surface area (Å²) in [6.07, 6.45) is 8.89. The number of amides is 4. The van der Waals surface area contributed by atoms with Gasteiger partial charge in [-0.15, -0.1) is 0 Å². The van der Waals surface area contributed by atoms with E-state index in [9.17, 15) is 19.2 Å². The van der Waals surface area contributed by atoms with Crippen LogP contribution >= 0.6 is 0 Å². The largest absolute Gasteiger partial charge is 0.383 e. The van der Waals surface area contributed by atoms with Gasteiger partial charge in [-0.2, -0.15) is 10.2 Å². The fourth-order valence-corrected chi connectivity index (χ4v) is 7.73. The summed E-state index contributed by atoms with van der Waals surface area (Å²) in [6, 6.07) is 35.5. The van der Waals surface area contributed by atoms with Gasteiger partial charge >= 0.3 is 23.6 Å². The zero-order valence-electron chi connectivity index (χ0n) is 36.3. The normalized spacial score (nSPS) is 13.3. The van der Waals surface area contributed by atoms with Crippen molar-refractivity contribution in [3.63, 3.8) is 0 Å². The molecule has 0 saturated carbocycles. The first-order valence-corrected chi connectivity index (χ1v) is 21.3. The third kappa shape index (κ3) is 9.85. The van der Waals surface area contributed by atoms with Gasteiger partial charge in [0.05, 0.1) is 34.5 Å². The molecule has 9 rings (SSSR count). The quantitative estimate of drug-likeness (QED) is 0.0948. The van der Waals surface area contributed by atoms with Crippen LogP contribution in [-0.4, -0.2) is 84.1 Å². The third-order valence-corrected chi connectivity index (χ3v) is 11.1. The molecule has 7 N–H and O–H groups in total. The van der Waals surface area contributed by atoms with Crippen LogP contribution in [0.2, 0.25) is 0 Å². The second-order valence-electron chi connectivity index (χ2n) is 15.7. The van der Waals surface area contributed by atoms with Crippen molar-refractivity contribution in [3.05, 3.63) is 145 Å². The van der Waals surface area contributed by atoms with Gasteiger partial charge in [-0.05, 0) is 52.6 Å². The first-order valence-electron chi connectivity index (χ1n) is 21.3. The molecule has 1 unspecified atom stereocenters. The summed E-state index contributed by atoms with van der Waals surface area (Å²) in [7, 11) is 3.20. The molecule has 17 heteroatoms. The number of nitrogens with one attached hydrogen (secondary N) is 3. The molecule has 0 spiro atoms. The number of nitrogens with two attached hydrogens (primary N) is 2. The molecule has 1 aliphatic heterocycles. The highest BCUT2D eigenvalue weighted by atomic mass is 16.5. The van der Waals surface area contributed by atoms with Crippen LogP contribution in [0.25, 0.3) is 44.1 Å². The monoisotopic (exact) mass is 884 g/mol. The fraction of sp³-hybridized carbons (Fsp3) is 0.184. The van der Waals surface area contributed by atoms with Crippen molar-refractivity contribution in [3.8, 4) is 22.3 Å². The minimum atomic E-state index is -0.773. The summed E-state index contributed by atoms with van der Waals surface area (Å²) >= 11 is 0. The molecule has 4 amide bonds. The fourth-order valence-electron chi connectivity index (χ4n) is 7.73. The Balaban J connectivity index is 0.000000182. The van der Waals surface area contributed by atoms with Crippen molar-refractivity contribution in [2.75, 3.05) is 42.8 Å². The van der Waals surface area contributed by atoms with Crippen LogP contribution in [0.15, 0.2) is 134 Å². The Morgan fingerprint density at radius 3 is 1.71 bits per heavy atom. The summed E-state index contributed by atoms with van der Waals surface area (Å²) in [5, 5.41) is 17.8. The Hall–Kier alpha value is -8.44. The predicted octanol–water partition coefficient (Wildman–Crippen LogP) is 6.78. The number of carbonyl (C=O) groups is 4. The van der Waals surface area contributed by atoms with Gasteiger partial charge in [-0.1, -0.05) is 109 Å². The first-order chi connectivity index (χ1) is 32.0. The van der Waals surface area contributed by atoms with Crippen LogP contribution in [-0.2, 0) is 37.0 Å². The Bertz CT molecular complexity index is 3020. The number of likely N-dealkylation sites (N-methyl/N-ethyl adjacent to an activating group) is 2. The number of nitrogen functional groups attached to an aromatic ring is 2. The predicted molar refractivity (Wildman–Crippen MR) is 253 cm³/mol. The number of aromatic nitrogens is 6. The van der Waals surface area contributed by atoms with Crippen molar-refractivity contribution >= 4 is 68.4 Å². The number of hydrogen-bond acceptors (Lipinski definition) is 11. The highest BCUT2D eigenvalue weighted by molar-refractivity contribution is 6.40. The lowest BCUT2D eigenvalue weighted by atomic mass is 9.99. The molecule has 1 atom stereocenters. The third-order valence-electron chi connectivity index (χ3n) is 11.1. The number of pyridine rings is 2. The van der Waals surface area contributed by atoms with Crippen molar-refractivity contribution in [2.45, 2.75) is 38.6 Å². The van der Waals surface area contributed by atoms with E-state index < -0.39 is 23.6 Å². The highest BCUT2D eigenvalue weighted by Crippen LogP contribution is 2.31. The van der Waals surface area contributed by atoms with E-state index in [-0.39, 0.29) is 25.1 Å². The first kappa shape index (κ1) is 44.2. The van der Waals surface area contributed by atoms with Gasteiger partial charge < -0.3 is 36.6 Å². The van der Waals surface area contributed by atoms with E-state index in [1.54, 1.807) is 31.2 Å². The number of aromatic amines is 1. The van der Waals surface area contributed by atoms with Crippen molar-refractivity contribution in [2.24, 2.45) is 0 Å². The van der Waals surface area contributed by atoms with Gasteiger partial charge in [-0.25, -0.2) is 14.6 Å². The highest BCUT2D eigenvalue weighted by Gasteiger charge is 2.25. The summed E-state index contributed by atoms with van der Waals surface area (Å²) in [4.78, 5) is 62.1. The summed E-state index contributed by atoms with van der Waals surface area (Å²) in [6.45, 7) is 1.24. The zero-order chi connectivity index (χ0) is 46.2. The molecule has 1 fully saturated rings. The summed E-state index contributed by atoms with van der Waals surface area (Å²) in [5.41, 5.74) is 19.4. The maximum atomic E-state index is 13.0. The van der Waals surface area contributed by atoms with Gasteiger partial charge in [0.25, 0.3) is 0 Å².